The maximum Gasteiger partial charge on any atom is 0.255 e. The fourth-order valence-electron chi connectivity index (χ4n) is 2.61. The van der Waals surface area contributed by atoms with Crippen LogP contribution in [0.2, 0.25) is 0 Å². The highest BCUT2D eigenvalue weighted by atomic mass is 32.2. The fraction of sp³-hybridized carbons (Fsp3) is 0.130. The van der Waals surface area contributed by atoms with Gasteiger partial charge in [0.05, 0.1) is 12.5 Å². The van der Waals surface area contributed by atoms with Gasteiger partial charge in [-0.25, -0.2) is 0 Å². The van der Waals surface area contributed by atoms with E-state index in [0.717, 1.165) is 22.8 Å². The molecule has 0 atom stereocenters. The van der Waals surface area contributed by atoms with Gasteiger partial charge in [-0.3, -0.25) is 4.79 Å². The summed E-state index contributed by atoms with van der Waals surface area (Å²) in [6.45, 7) is 0. The number of nitrogens with zero attached hydrogens (tertiary/aromatic N) is 1. The van der Waals surface area contributed by atoms with Gasteiger partial charge in [0.15, 0.2) is 0 Å². The third-order valence-corrected chi connectivity index (χ3v) is 5.17. The Balaban J connectivity index is 1.51. The van der Waals surface area contributed by atoms with Gasteiger partial charge in [-0.2, -0.15) is 17.0 Å². The first-order chi connectivity index (χ1) is 13.2. The summed E-state index contributed by atoms with van der Waals surface area (Å²) in [7, 11) is 0. The molecule has 1 amide bonds. The molecule has 27 heavy (non-hydrogen) atoms. The maximum absolute atomic E-state index is 12.4. The normalized spacial score (nSPS) is 10.2. The molecular weight excluding hydrogens is 352 g/mol. The molecule has 3 aromatic carbocycles. The average Bonchev–Trinajstić information content (AvgIpc) is 2.71. The Bertz CT molecular complexity index is 913. The second-order valence-electron chi connectivity index (χ2n) is 6.16. The van der Waals surface area contributed by atoms with Crippen molar-refractivity contribution in [3.05, 3.63) is 101 Å². The van der Waals surface area contributed by atoms with Gasteiger partial charge in [0.25, 0.3) is 5.91 Å². The summed E-state index contributed by atoms with van der Waals surface area (Å²) in [5.41, 5.74) is 4.82. The molecular formula is C23H20N2OS. The van der Waals surface area contributed by atoms with E-state index in [1.54, 1.807) is 0 Å². The predicted molar refractivity (Wildman–Crippen MR) is 112 cm³/mol. The van der Waals surface area contributed by atoms with Crippen molar-refractivity contribution in [3.63, 3.8) is 0 Å². The topological polar surface area (TPSA) is 52.9 Å². The molecule has 0 radical (unpaired) electrons. The van der Waals surface area contributed by atoms with E-state index in [-0.39, 0.29) is 5.91 Å². The van der Waals surface area contributed by atoms with Gasteiger partial charge in [-0.1, -0.05) is 54.6 Å². The van der Waals surface area contributed by atoms with E-state index in [1.807, 2.05) is 66.4 Å². The number of benzene rings is 3. The number of hydrogen-bond donors (Lipinski definition) is 1. The van der Waals surface area contributed by atoms with Crippen LogP contribution < -0.4 is 5.32 Å². The van der Waals surface area contributed by atoms with Gasteiger partial charge in [0.1, 0.15) is 0 Å². The van der Waals surface area contributed by atoms with E-state index in [0.29, 0.717) is 12.0 Å². The summed E-state index contributed by atoms with van der Waals surface area (Å²) < 4.78 is 0. The maximum atomic E-state index is 12.4. The van der Waals surface area contributed by atoms with Gasteiger partial charge < -0.3 is 5.32 Å². The lowest BCUT2D eigenvalue weighted by molar-refractivity contribution is 0.102. The van der Waals surface area contributed by atoms with Crippen LogP contribution in [0.4, 0.5) is 5.69 Å². The van der Waals surface area contributed by atoms with Crippen LogP contribution in [0.1, 0.15) is 27.0 Å². The van der Waals surface area contributed by atoms with Crippen LogP contribution in [-0.4, -0.2) is 5.91 Å². The van der Waals surface area contributed by atoms with E-state index >= 15 is 0 Å². The number of nitrogens with one attached hydrogen (secondary N) is 1. The third kappa shape index (κ3) is 5.73. The number of thioether (sulfide) groups is 1. The van der Waals surface area contributed by atoms with E-state index in [1.165, 1.54) is 11.1 Å². The highest BCUT2D eigenvalue weighted by Gasteiger charge is 2.06. The first kappa shape index (κ1) is 18.8. The molecule has 4 heteroatoms. The molecule has 0 unspecified atom stereocenters. The van der Waals surface area contributed by atoms with Crippen LogP contribution in [0.25, 0.3) is 0 Å². The SMILES string of the molecule is N#CCc1ccc(NC(=O)c2ccc(CSCc3ccccc3)cc2)cc1. The zero-order chi connectivity index (χ0) is 18.9. The highest BCUT2D eigenvalue weighted by molar-refractivity contribution is 7.97. The van der Waals surface area contributed by atoms with Crippen molar-refractivity contribution in [1.82, 2.24) is 0 Å². The second kappa shape index (κ2) is 9.61. The van der Waals surface area contributed by atoms with Crippen molar-refractivity contribution < 1.29 is 4.79 Å². The van der Waals surface area contributed by atoms with Gasteiger partial charge in [0.2, 0.25) is 0 Å². The lowest BCUT2D eigenvalue weighted by atomic mass is 10.1. The molecule has 0 spiro atoms. The molecule has 0 aliphatic heterocycles. The summed E-state index contributed by atoms with van der Waals surface area (Å²) in [6, 6.07) is 27.6. The molecule has 0 heterocycles. The molecule has 3 aromatic rings. The molecule has 0 saturated heterocycles. The fourth-order valence-corrected chi connectivity index (χ4v) is 3.57. The van der Waals surface area contributed by atoms with Crippen molar-refractivity contribution in [1.29, 1.82) is 5.26 Å². The third-order valence-electron chi connectivity index (χ3n) is 4.09. The van der Waals surface area contributed by atoms with Crippen molar-refractivity contribution >= 4 is 23.4 Å². The number of nitriles is 1. The number of rotatable bonds is 7. The van der Waals surface area contributed by atoms with Gasteiger partial charge in [-0.05, 0) is 41.0 Å². The number of anilines is 1. The quantitative estimate of drug-likeness (QED) is 0.601. The Morgan fingerprint density at radius 1 is 0.815 bits per heavy atom. The van der Waals surface area contributed by atoms with Crippen LogP contribution in [0.3, 0.4) is 0 Å². The molecule has 0 fully saturated rings. The average molecular weight is 372 g/mol. The molecule has 3 nitrogen and oxygen atoms in total. The van der Waals surface area contributed by atoms with Gasteiger partial charge in [0, 0.05) is 22.8 Å². The Hall–Kier alpha value is -3.03. The monoisotopic (exact) mass is 372 g/mol. The zero-order valence-corrected chi connectivity index (χ0v) is 15.7. The van der Waals surface area contributed by atoms with Crippen molar-refractivity contribution in [3.8, 4) is 6.07 Å². The largest absolute Gasteiger partial charge is 0.322 e. The first-order valence-electron chi connectivity index (χ1n) is 8.72. The second-order valence-corrected chi connectivity index (χ2v) is 7.15. The summed E-state index contributed by atoms with van der Waals surface area (Å²) >= 11 is 1.86. The Morgan fingerprint density at radius 3 is 2.04 bits per heavy atom. The van der Waals surface area contributed by atoms with Crippen LogP contribution in [0.15, 0.2) is 78.9 Å². The standard InChI is InChI=1S/C23H20N2OS/c24-15-14-18-8-12-22(13-9-18)25-23(26)21-10-6-20(7-11-21)17-27-16-19-4-2-1-3-5-19/h1-13H,14,16-17H2,(H,25,26). The lowest BCUT2D eigenvalue weighted by Crippen LogP contribution is -2.11. The molecule has 3 rings (SSSR count). The van der Waals surface area contributed by atoms with Gasteiger partial charge in [-0.15, -0.1) is 0 Å². The molecule has 134 valence electrons. The minimum atomic E-state index is -0.133. The zero-order valence-electron chi connectivity index (χ0n) is 14.9. The van der Waals surface area contributed by atoms with Crippen molar-refractivity contribution in [2.75, 3.05) is 5.32 Å². The van der Waals surface area contributed by atoms with Crippen LogP contribution in [0.5, 0.6) is 0 Å². The molecule has 0 bridgehead atoms. The first-order valence-corrected chi connectivity index (χ1v) is 9.88. The van der Waals surface area contributed by atoms with Crippen LogP contribution in [0, 0.1) is 11.3 Å². The number of carbonyl (C=O) groups is 1. The minimum Gasteiger partial charge on any atom is -0.322 e. The number of hydrogen-bond acceptors (Lipinski definition) is 3. The number of amides is 1. The summed E-state index contributed by atoms with van der Waals surface area (Å²) in [5, 5.41) is 11.6. The predicted octanol–water partition coefficient (Wildman–Crippen LogP) is 5.44. The number of carbonyl (C=O) groups excluding carboxylic acids is 1. The molecule has 0 aliphatic rings. The molecule has 0 aliphatic carbocycles. The van der Waals surface area contributed by atoms with E-state index < -0.39 is 0 Å². The minimum absolute atomic E-state index is 0.133. The summed E-state index contributed by atoms with van der Waals surface area (Å²) in [6.07, 6.45) is 0.373. The van der Waals surface area contributed by atoms with Crippen molar-refractivity contribution in [2.45, 2.75) is 17.9 Å². The van der Waals surface area contributed by atoms with E-state index in [2.05, 4.69) is 35.7 Å². The summed E-state index contributed by atoms with van der Waals surface area (Å²) in [4.78, 5) is 12.4. The summed E-state index contributed by atoms with van der Waals surface area (Å²) in [5.74, 6) is 1.76. The molecule has 1 N–H and O–H groups in total. The van der Waals surface area contributed by atoms with E-state index in [9.17, 15) is 4.79 Å². The molecule has 0 saturated carbocycles. The highest BCUT2D eigenvalue weighted by Crippen LogP contribution is 2.19. The van der Waals surface area contributed by atoms with Crippen LogP contribution in [-0.2, 0) is 17.9 Å². The van der Waals surface area contributed by atoms with Crippen LogP contribution >= 0.6 is 11.8 Å². The smallest absolute Gasteiger partial charge is 0.255 e. The van der Waals surface area contributed by atoms with Gasteiger partial charge >= 0.3 is 0 Å². The van der Waals surface area contributed by atoms with Crippen molar-refractivity contribution in [2.24, 2.45) is 0 Å². The Labute approximate surface area is 164 Å². The Kier molecular flexibility index (Phi) is 6.67. The lowest BCUT2D eigenvalue weighted by Gasteiger charge is -2.07. The van der Waals surface area contributed by atoms with E-state index in [4.69, 9.17) is 5.26 Å². The Morgan fingerprint density at radius 2 is 1.41 bits per heavy atom. The molecule has 0 aromatic heterocycles.